The number of nitrogens with one attached hydrogen (secondary N) is 1. The molecule has 0 aliphatic heterocycles. The maximum atomic E-state index is 12.1. The molecule has 22 heavy (non-hydrogen) atoms. The highest BCUT2D eigenvalue weighted by Crippen LogP contribution is 2.21. The summed E-state index contributed by atoms with van der Waals surface area (Å²) < 4.78 is 0. The standard InChI is InChI=1S/C15H15N3O3S/c1-3-22-14-7-6-12(9-16-14)17-15(19)11-5-4-10(2)13(8-11)18(20)21/h4-9H,3H2,1-2H3,(H,17,19). The Labute approximate surface area is 132 Å². The zero-order valence-corrected chi connectivity index (χ0v) is 13.0. The van der Waals surface area contributed by atoms with Crippen LogP contribution in [0.4, 0.5) is 11.4 Å². The van der Waals surface area contributed by atoms with Gasteiger partial charge in [0.15, 0.2) is 0 Å². The average Bonchev–Trinajstić information content (AvgIpc) is 2.49. The molecule has 1 aromatic carbocycles. The maximum absolute atomic E-state index is 12.1. The molecule has 0 unspecified atom stereocenters. The summed E-state index contributed by atoms with van der Waals surface area (Å²) in [5, 5.41) is 14.5. The van der Waals surface area contributed by atoms with E-state index in [4.69, 9.17) is 0 Å². The minimum absolute atomic E-state index is 0.0690. The molecule has 2 aromatic rings. The first-order valence-electron chi connectivity index (χ1n) is 6.66. The fraction of sp³-hybridized carbons (Fsp3) is 0.200. The van der Waals surface area contributed by atoms with E-state index in [9.17, 15) is 14.9 Å². The summed E-state index contributed by atoms with van der Waals surface area (Å²) in [5.74, 6) is 0.520. The Kier molecular flexibility index (Phi) is 5.11. The molecule has 1 N–H and O–H groups in total. The number of amides is 1. The van der Waals surface area contributed by atoms with Gasteiger partial charge in [0.05, 0.1) is 21.8 Å². The summed E-state index contributed by atoms with van der Waals surface area (Å²) >= 11 is 1.61. The van der Waals surface area contributed by atoms with E-state index in [0.717, 1.165) is 10.8 Å². The lowest BCUT2D eigenvalue weighted by molar-refractivity contribution is -0.385. The third-order valence-corrected chi connectivity index (χ3v) is 3.78. The van der Waals surface area contributed by atoms with Gasteiger partial charge < -0.3 is 5.32 Å². The average molecular weight is 317 g/mol. The molecule has 1 aromatic heterocycles. The molecule has 2 rings (SSSR count). The number of pyridine rings is 1. The first-order chi connectivity index (χ1) is 10.5. The number of aromatic nitrogens is 1. The van der Waals surface area contributed by atoms with Crippen molar-refractivity contribution in [2.75, 3.05) is 11.1 Å². The second-order valence-electron chi connectivity index (χ2n) is 4.53. The zero-order valence-electron chi connectivity index (χ0n) is 12.2. The SMILES string of the molecule is CCSc1ccc(NC(=O)c2ccc(C)c([N+](=O)[O-])c2)cn1. The molecule has 0 fully saturated rings. The highest BCUT2D eigenvalue weighted by molar-refractivity contribution is 7.99. The van der Waals surface area contributed by atoms with Gasteiger partial charge >= 0.3 is 0 Å². The molecule has 0 saturated carbocycles. The van der Waals surface area contributed by atoms with Crippen LogP contribution in [-0.2, 0) is 0 Å². The lowest BCUT2D eigenvalue weighted by atomic mass is 10.1. The van der Waals surface area contributed by atoms with Crippen molar-refractivity contribution in [3.63, 3.8) is 0 Å². The molecule has 0 saturated heterocycles. The van der Waals surface area contributed by atoms with Crippen molar-refractivity contribution in [1.82, 2.24) is 4.98 Å². The third-order valence-electron chi connectivity index (χ3n) is 2.95. The van der Waals surface area contributed by atoms with Crippen LogP contribution in [0.2, 0.25) is 0 Å². The highest BCUT2D eigenvalue weighted by Gasteiger charge is 2.15. The molecule has 7 heteroatoms. The van der Waals surface area contributed by atoms with Gasteiger partial charge in [0.25, 0.3) is 11.6 Å². The first-order valence-corrected chi connectivity index (χ1v) is 7.65. The van der Waals surface area contributed by atoms with Crippen LogP contribution < -0.4 is 5.32 Å². The van der Waals surface area contributed by atoms with Gasteiger partial charge in [-0.15, -0.1) is 11.8 Å². The minimum atomic E-state index is -0.496. The number of carbonyl (C=O) groups is 1. The number of hydrogen-bond acceptors (Lipinski definition) is 5. The normalized spacial score (nSPS) is 10.3. The van der Waals surface area contributed by atoms with Crippen LogP contribution >= 0.6 is 11.8 Å². The Hall–Kier alpha value is -2.41. The highest BCUT2D eigenvalue weighted by atomic mass is 32.2. The molecule has 0 radical (unpaired) electrons. The summed E-state index contributed by atoms with van der Waals surface area (Å²) in [4.78, 5) is 26.8. The number of nitro groups is 1. The van der Waals surface area contributed by atoms with E-state index in [1.807, 2.05) is 13.0 Å². The fourth-order valence-electron chi connectivity index (χ4n) is 1.84. The van der Waals surface area contributed by atoms with Gasteiger partial charge in [-0.2, -0.15) is 0 Å². The van der Waals surface area contributed by atoms with E-state index in [-0.39, 0.29) is 11.3 Å². The summed E-state index contributed by atoms with van der Waals surface area (Å²) in [6.07, 6.45) is 1.57. The maximum Gasteiger partial charge on any atom is 0.273 e. The Morgan fingerprint density at radius 2 is 2.14 bits per heavy atom. The summed E-state index contributed by atoms with van der Waals surface area (Å²) in [5.41, 5.74) is 1.24. The van der Waals surface area contributed by atoms with Gasteiger partial charge in [-0.05, 0) is 30.9 Å². The van der Waals surface area contributed by atoms with Crippen molar-refractivity contribution >= 4 is 29.0 Å². The number of aryl methyl sites for hydroxylation is 1. The predicted octanol–water partition coefficient (Wildman–Crippen LogP) is 3.66. The zero-order chi connectivity index (χ0) is 16.1. The molecule has 1 heterocycles. The number of hydrogen-bond donors (Lipinski definition) is 1. The molecule has 0 spiro atoms. The molecular formula is C15H15N3O3S. The predicted molar refractivity (Wildman–Crippen MR) is 86.4 cm³/mol. The molecular weight excluding hydrogens is 302 g/mol. The lowest BCUT2D eigenvalue weighted by Crippen LogP contribution is -2.12. The number of nitrogens with zero attached hydrogens (tertiary/aromatic N) is 2. The van der Waals surface area contributed by atoms with Gasteiger partial charge in [-0.25, -0.2) is 4.98 Å². The topological polar surface area (TPSA) is 85.1 Å². The van der Waals surface area contributed by atoms with E-state index in [2.05, 4.69) is 10.3 Å². The van der Waals surface area contributed by atoms with Crippen molar-refractivity contribution in [2.24, 2.45) is 0 Å². The summed E-state index contributed by atoms with van der Waals surface area (Å²) in [7, 11) is 0. The van der Waals surface area contributed by atoms with Crippen LogP contribution in [0.25, 0.3) is 0 Å². The Bertz CT molecular complexity index is 702. The molecule has 6 nitrogen and oxygen atoms in total. The molecule has 0 bridgehead atoms. The van der Waals surface area contributed by atoms with E-state index < -0.39 is 10.8 Å². The molecule has 0 atom stereocenters. The van der Waals surface area contributed by atoms with Gasteiger partial charge in [-0.1, -0.05) is 13.0 Å². The quantitative estimate of drug-likeness (QED) is 0.517. The van der Waals surface area contributed by atoms with Gasteiger partial charge in [0, 0.05) is 17.2 Å². The van der Waals surface area contributed by atoms with E-state index >= 15 is 0 Å². The van der Waals surface area contributed by atoms with Crippen molar-refractivity contribution in [1.29, 1.82) is 0 Å². The van der Waals surface area contributed by atoms with Crippen LogP contribution in [0.3, 0.4) is 0 Å². The number of anilines is 1. The Morgan fingerprint density at radius 3 is 2.73 bits per heavy atom. The Balaban J connectivity index is 2.15. The minimum Gasteiger partial charge on any atom is -0.321 e. The molecule has 0 aliphatic rings. The number of rotatable bonds is 5. The molecule has 114 valence electrons. The summed E-state index contributed by atoms with van der Waals surface area (Å²) in [6.45, 7) is 3.67. The summed E-state index contributed by atoms with van der Waals surface area (Å²) in [6, 6.07) is 7.98. The van der Waals surface area contributed by atoms with Crippen LogP contribution in [0.1, 0.15) is 22.8 Å². The fourth-order valence-corrected chi connectivity index (χ4v) is 2.43. The van der Waals surface area contributed by atoms with E-state index in [1.165, 1.54) is 6.07 Å². The van der Waals surface area contributed by atoms with Gasteiger partial charge in [-0.3, -0.25) is 14.9 Å². The Morgan fingerprint density at radius 1 is 1.36 bits per heavy atom. The number of carbonyl (C=O) groups excluding carboxylic acids is 1. The van der Waals surface area contributed by atoms with E-state index in [1.54, 1.807) is 43.1 Å². The van der Waals surface area contributed by atoms with Crippen LogP contribution in [0, 0.1) is 17.0 Å². The number of benzene rings is 1. The molecule has 1 amide bonds. The second-order valence-corrected chi connectivity index (χ2v) is 5.81. The largest absolute Gasteiger partial charge is 0.321 e. The van der Waals surface area contributed by atoms with Crippen LogP contribution in [0.15, 0.2) is 41.6 Å². The number of thioether (sulfide) groups is 1. The monoisotopic (exact) mass is 317 g/mol. The second kappa shape index (κ2) is 7.04. The van der Waals surface area contributed by atoms with Crippen molar-refractivity contribution < 1.29 is 9.72 Å². The van der Waals surface area contributed by atoms with Crippen molar-refractivity contribution in [3.8, 4) is 0 Å². The van der Waals surface area contributed by atoms with Gasteiger partial charge in [0.2, 0.25) is 0 Å². The smallest absolute Gasteiger partial charge is 0.273 e. The van der Waals surface area contributed by atoms with Crippen LogP contribution in [-0.4, -0.2) is 21.6 Å². The first kappa shape index (κ1) is 16.0. The van der Waals surface area contributed by atoms with E-state index in [0.29, 0.717) is 11.3 Å². The van der Waals surface area contributed by atoms with Crippen molar-refractivity contribution in [2.45, 2.75) is 18.9 Å². The van der Waals surface area contributed by atoms with Gasteiger partial charge in [0.1, 0.15) is 0 Å². The van der Waals surface area contributed by atoms with Crippen molar-refractivity contribution in [3.05, 3.63) is 57.8 Å². The lowest BCUT2D eigenvalue weighted by Gasteiger charge is -2.06. The third kappa shape index (κ3) is 3.82. The number of nitro benzene ring substituents is 1. The molecule has 0 aliphatic carbocycles. The van der Waals surface area contributed by atoms with Crippen LogP contribution in [0.5, 0.6) is 0 Å².